The van der Waals surface area contributed by atoms with Gasteiger partial charge in [0, 0.05) is 25.4 Å². The summed E-state index contributed by atoms with van der Waals surface area (Å²) in [6.07, 6.45) is 2.40. The van der Waals surface area contributed by atoms with E-state index in [4.69, 9.17) is 9.47 Å². The van der Waals surface area contributed by atoms with Gasteiger partial charge >= 0.3 is 0 Å². The zero-order valence-corrected chi connectivity index (χ0v) is 16.0. The Labute approximate surface area is 159 Å². The normalized spacial score (nSPS) is 12.4. The van der Waals surface area contributed by atoms with Crippen LogP contribution < -0.4 is 20.1 Å². The molecule has 0 bridgehead atoms. The van der Waals surface area contributed by atoms with E-state index in [9.17, 15) is 4.39 Å². The van der Waals surface area contributed by atoms with Gasteiger partial charge in [0.2, 0.25) is 5.88 Å². The minimum absolute atomic E-state index is 0.234. The molecule has 0 amide bonds. The van der Waals surface area contributed by atoms with Gasteiger partial charge in [0.15, 0.2) is 17.5 Å². The minimum Gasteiger partial charge on any atom is -0.486 e. The Kier molecular flexibility index (Phi) is 8.35. The molecule has 0 saturated heterocycles. The number of guanidine groups is 1. The summed E-state index contributed by atoms with van der Waals surface area (Å²) < 4.78 is 24.9. The molecule has 1 heterocycles. The van der Waals surface area contributed by atoms with Gasteiger partial charge in [-0.25, -0.2) is 9.37 Å². The third-order valence-electron chi connectivity index (χ3n) is 3.68. The predicted octanol–water partition coefficient (Wildman–Crippen LogP) is 3.14. The molecule has 0 aliphatic heterocycles. The first-order chi connectivity index (χ1) is 13.1. The molecule has 0 fully saturated rings. The Morgan fingerprint density at radius 3 is 2.78 bits per heavy atom. The number of aliphatic imine (C=N–C) groups is 1. The van der Waals surface area contributed by atoms with Gasteiger partial charge in [-0.1, -0.05) is 25.1 Å². The maximum Gasteiger partial charge on any atom is 0.218 e. The summed E-state index contributed by atoms with van der Waals surface area (Å²) in [6.45, 7) is 5.54. The van der Waals surface area contributed by atoms with Gasteiger partial charge < -0.3 is 20.1 Å². The Hall–Kier alpha value is -2.83. The molecule has 0 aliphatic carbocycles. The SMILES string of the molecule is CCCOc1ncccc1CNC(=NC)NCC(C)Oc1ccccc1F. The van der Waals surface area contributed by atoms with Crippen LogP contribution in [0.15, 0.2) is 47.6 Å². The molecule has 2 N–H and O–H groups in total. The fraction of sp³-hybridized carbons (Fsp3) is 0.400. The molecule has 0 saturated carbocycles. The molecule has 0 spiro atoms. The van der Waals surface area contributed by atoms with E-state index in [0.29, 0.717) is 31.5 Å². The average molecular weight is 374 g/mol. The number of ether oxygens (including phenoxy) is 2. The Morgan fingerprint density at radius 1 is 1.22 bits per heavy atom. The van der Waals surface area contributed by atoms with Crippen molar-refractivity contribution >= 4 is 5.96 Å². The lowest BCUT2D eigenvalue weighted by molar-refractivity contribution is 0.214. The van der Waals surface area contributed by atoms with Crippen LogP contribution in [0, 0.1) is 5.82 Å². The Morgan fingerprint density at radius 2 is 2.04 bits per heavy atom. The van der Waals surface area contributed by atoms with Crippen molar-refractivity contribution < 1.29 is 13.9 Å². The standard InChI is InChI=1S/C20H27FN4O2/c1-4-12-26-19-16(8-7-11-23-19)14-25-20(22-3)24-13-15(2)27-18-10-6-5-9-17(18)21/h5-11,15H,4,12-14H2,1-3H3,(H2,22,24,25). The second-order valence-corrected chi connectivity index (χ2v) is 5.98. The molecule has 1 aromatic carbocycles. The van der Waals surface area contributed by atoms with E-state index in [-0.39, 0.29) is 17.7 Å². The van der Waals surface area contributed by atoms with Gasteiger partial charge in [0.25, 0.3) is 0 Å². The zero-order chi connectivity index (χ0) is 19.5. The Balaban J connectivity index is 1.83. The molecular formula is C20H27FN4O2. The van der Waals surface area contributed by atoms with Crippen molar-refractivity contribution in [1.29, 1.82) is 0 Å². The number of nitrogens with one attached hydrogen (secondary N) is 2. The third-order valence-corrected chi connectivity index (χ3v) is 3.68. The van der Waals surface area contributed by atoms with E-state index in [1.54, 1.807) is 31.4 Å². The van der Waals surface area contributed by atoms with Crippen molar-refractivity contribution in [2.24, 2.45) is 4.99 Å². The van der Waals surface area contributed by atoms with Crippen LogP contribution >= 0.6 is 0 Å². The first-order valence-corrected chi connectivity index (χ1v) is 9.06. The maximum atomic E-state index is 13.7. The van der Waals surface area contributed by atoms with E-state index in [2.05, 4.69) is 27.5 Å². The highest BCUT2D eigenvalue weighted by Crippen LogP contribution is 2.17. The van der Waals surface area contributed by atoms with Crippen molar-refractivity contribution in [3.63, 3.8) is 0 Å². The smallest absolute Gasteiger partial charge is 0.218 e. The van der Waals surface area contributed by atoms with Gasteiger partial charge in [-0.3, -0.25) is 4.99 Å². The number of hydrogen-bond acceptors (Lipinski definition) is 4. The molecule has 6 nitrogen and oxygen atoms in total. The summed E-state index contributed by atoms with van der Waals surface area (Å²) in [4.78, 5) is 8.47. The molecular weight excluding hydrogens is 347 g/mol. The van der Waals surface area contributed by atoms with E-state index >= 15 is 0 Å². The van der Waals surface area contributed by atoms with E-state index in [0.717, 1.165) is 12.0 Å². The fourth-order valence-electron chi connectivity index (χ4n) is 2.33. The molecule has 2 rings (SSSR count). The van der Waals surface area contributed by atoms with Crippen LogP contribution in [0.25, 0.3) is 0 Å². The van der Waals surface area contributed by atoms with Crippen LogP contribution in [0.2, 0.25) is 0 Å². The minimum atomic E-state index is -0.372. The van der Waals surface area contributed by atoms with E-state index in [1.807, 2.05) is 19.1 Å². The summed E-state index contributed by atoms with van der Waals surface area (Å²) >= 11 is 0. The molecule has 7 heteroatoms. The maximum absolute atomic E-state index is 13.7. The number of hydrogen-bond donors (Lipinski definition) is 2. The highest BCUT2D eigenvalue weighted by atomic mass is 19.1. The molecule has 2 aromatic rings. The number of rotatable bonds is 9. The van der Waals surface area contributed by atoms with E-state index < -0.39 is 0 Å². The van der Waals surface area contributed by atoms with Crippen LogP contribution in [-0.2, 0) is 6.54 Å². The zero-order valence-electron chi connectivity index (χ0n) is 16.0. The van der Waals surface area contributed by atoms with Crippen LogP contribution in [0.1, 0.15) is 25.8 Å². The molecule has 1 atom stereocenters. The molecule has 0 radical (unpaired) electrons. The van der Waals surface area contributed by atoms with Gasteiger partial charge in [-0.2, -0.15) is 0 Å². The first kappa shape index (κ1) is 20.5. The van der Waals surface area contributed by atoms with Crippen LogP contribution in [-0.4, -0.2) is 37.2 Å². The quantitative estimate of drug-likeness (QED) is 0.521. The molecule has 1 aromatic heterocycles. The van der Waals surface area contributed by atoms with Crippen molar-refractivity contribution in [2.75, 3.05) is 20.2 Å². The summed E-state index contributed by atoms with van der Waals surface area (Å²) in [5, 5.41) is 6.39. The fourth-order valence-corrected chi connectivity index (χ4v) is 2.33. The van der Waals surface area contributed by atoms with Crippen molar-refractivity contribution in [2.45, 2.75) is 32.9 Å². The lowest BCUT2D eigenvalue weighted by Crippen LogP contribution is -2.41. The van der Waals surface area contributed by atoms with Gasteiger partial charge in [0.1, 0.15) is 6.10 Å². The van der Waals surface area contributed by atoms with Crippen LogP contribution in [0.5, 0.6) is 11.6 Å². The monoisotopic (exact) mass is 374 g/mol. The highest BCUT2D eigenvalue weighted by Gasteiger charge is 2.10. The summed E-state index contributed by atoms with van der Waals surface area (Å²) in [6, 6.07) is 10.2. The lowest BCUT2D eigenvalue weighted by atomic mass is 10.2. The third kappa shape index (κ3) is 6.77. The largest absolute Gasteiger partial charge is 0.486 e. The van der Waals surface area contributed by atoms with Crippen LogP contribution in [0.3, 0.4) is 0 Å². The highest BCUT2D eigenvalue weighted by molar-refractivity contribution is 5.79. The first-order valence-electron chi connectivity index (χ1n) is 9.06. The number of aromatic nitrogens is 1. The predicted molar refractivity (Wildman–Crippen MR) is 105 cm³/mol. The van der Waals surface area contributed by atoms with Crippen molar-refractivity contribution in [1.82, 2.24) is 15.6 Å². The lowest BCUT2D eigenvalue weighted by Gasteiger charge is -2.18. The topological polar surface area (TPSA) is 67.8 Å². The van der Waals surface area contributed by atoms with Gasteiger partial charge in [-0.15, -0.1) is 0 Å². The second-order valence-electron chi connectivity index (χ2n) is 5.98. The average Bonchev–Trinajstić information content (AvgIpc) is 2.69. The number of para-hydroxylation sites is 1. The number of halogens is 1. The number of pyridine rings is 1. The Bertz CT molecular complexity index is 739. The second kappa shape index (κ2) is 11.0. The van der Waals surface area contributed by atoms with Gasteiger partial charge in [-0.05, 0) is 31.5 Å². The molecule has 146 valence electrons. The summed E-state index contributed by atoms with van der Waals surface area (Å²) in [5.41, 5.74) is 0.949. The molecule has 1 unspecified atom stereocenters. The van der Waals surface area contributed by atoms with E-state index in [1.165, 1.54) is 6.07 Å². The molecule has 0 aliphatic rings. The summed E-state index contributed by atoms with van der Waals surface area (Å²) in [7, 11) is 1.69. The number of nitrogens with zero attached hydrogens (tertiary/aromatic N) is 2. The van der Waals surface area contributed by atoms with Crippen LogP contribution in [0.4, 0.5) is 4.39 Å². The number of benzene rings is 1. The summed E-state index contributed by atoms with van der Waals surface area (Å²) in [5.74, 6) is 1.11. The van der Waals surface area contributed by atoms with Crippen molar-refractivity contribution in [3.8, 4) is 11.6 Å². The van der Waals surface area contributed by atoms with Crippen molar-refractivity contribution in [3.05, 3.63) is 54.0 Å². The molecule has 27 heavy (non-hydrogen) atoms. The van der Waals surface area contributed by atoms with Gasteiger partial charge in [0.05, 0.1) is 13.2 Å².